The number of ether oxygens (including phenoxy) is 1. The van der Waals surface area contributed by atoms with Gasteiger partial charge in [-0.2, -0.15) is 5.10 Å². The number of imidazole rings is 1. The van der Waals surface area contributed by atoms with Gasteiger partial charge in [0.2, 0.25) is 0 Å². The zero-order valence-corrected chi connectivity index (χ0v) is 12.2. The minimum atomic E-state index is 0.571. The van der Waals surface area contributed by atoms with Gasteiger partial charge in [0.15, 0.2) is 5.65 Å². The molecule has 0 bridgehead atoms. The van der Waals surface area contributed by atoms with Crippen LogP contribution in [0.15, 0.2) is 0 Å². The van der Waals surface area contributed by atoms with Crippen molar-refractivity contribution in [1.82, 2.24) is 19.3 Å². The summed E-state index contributed by atoms with van der Waals surface area (Å²) in [5.74, 6) is 2.23. The van der Waals surface area contributed by atoms with Gasteiger partial charge in [-0.25, -0.2) is 4.98 Å². The predicted octanol–water partition coefficient (Wildman–Crippen LogP) is 1.90. The minimum Gasteiger partial charge on any atom is -0.381 e. The van der Waals surface area contributed by atoms with Gasteiger partial charge in [-0.1, -0.05) is 0 Å². The SMILES string of the molecule is Cc1nn(C)c2c1nc(CCCl)n2CC1CCOC1. The van der Waals surface area contributed by atoms with Crippen molar-refractivity contribution in [2.75, 3.05) is 19.1 Å². The highest BCUT2D eigenvalue weighted by Crippen LogP contribution is 2.23. The molecule has 0 saturated carbocycles. The molecule has 0 N–H and O–H groups in total. The number of rotatable bonds is 4. The predicted molar refractivity (Wildman–Crippen MR) is 74.6 cm³/mol. The summed E-state index contributed by atoms with van der Waals surface area (Å²) in [5, 5.41) is 4.46. The van der Waals surface area contributed by atoms with Crippen LogP contribution in [0.1, 0.15) is 17.9 Å². The van der Waals surface area contributed by atoms with E-state index in [4.69, 9.17) is 21.3 Å². The number of aromatic nitrogens is 4. The van der Waals surface area contributed by atoms with Gasteiger partial charge in [0.1, 0.15) is 11.3 Å². The number of alkyl halides is 1. The average molecular weight is 283 g/mol. The van der Waals surface area contributed by atoms with Crippen LogP contribution < -0.4 is 0 Å². The summed E-state index contributed by atoms with van der Waals surface area (Å²) in [4.78, 5) is 4.72. The molecule has 0 spiro atoms. The van der Waals surface area contributed by atoms with E-state index < -0.39 is 0 Å². The monoisotopic (exact) mass is 282 g/mol. The molecule has 1 fully saturated rings. The maximum Gasteiger partial charge on any atom is 0.158 e. The third-order valence-electron chi connectivity index (χ3n) is 3.75. The van der Waals surface area contributed by atoms with Gasteiger partial charge in [-0.3, -0.25) is 4.68 Å². The van der Waals surface area contributed by atoms with E-state index in [2.05, 4.69) is 9.67 Å². The lowest BCUT2D eigenvalue weighted by atomic mass is 10.1. The summed E-state index contributed by atoms with van der Waals surface area (Å²) in [6, 6.07) is 0. The quantitative estimate of drug-likeness (QED) is 0.805. The molecule has 0 amide bonds. The Morgan fingerprint density at radius 2 is 2.32 bits per heavy atom. The van der Waals surface area contributed by atoms with E-state index >= 15 is 0 Å². The van der Waals surface area contributed by atoms with Crippen LogP contribution in [0.25, 0.3) is 11.2 Å². The molecule has 2 aromatic heterocycles. The number of halogens is 1. The topological polar surface area (TPSA) is 44.9 Å². The first-order chi connectivity index (χ1) is 9.20. The van der Waals surface area contributed by atoms with Crippen LogP contribution in [0, 0.1) is 12.8 Å². The summed E-state index contributed by atoms with van der Waals surface area (Å²) in [6.07, 6.45) is 1.92. The molecule has 0 aliphatic carbocycles. The maximum absolute atomic E-state index is 5.90. The van der Waals surface area contributed by atoms with Gasteiger partial charge in [0.25, 0.3) is 0 Å². The molecule has 1 aliphatic rings. The van der Waals surface area contributed by atoms with Crippen molar-refractivity contribution in [2.24, 2.45) is 13.0 Å². The summed E-state index contributed by atoms with van der Waals surface area (Å²) in [6.45, 7) is 4.67. The summed E-state index contributed by atoms with van der Waals surface area (Å²) in [7, 11) is 1.98. The van der Waals surface area contributed by atoms with Crippen molar-refractivity contribution >= 4 is 22.8 Å². The Kier molecular flexibility index (Phi) is 3.50. The lowest BCUT2D eigenvalue weighted by molar-refractivity contribution is 0.182. The standard InChI is InChI=1S/C13H19ClN4O/c1-9-12-13(17(2)16-9)18(11(15-12)3-5-14)7-10-4-6-19-8-10/h10H,3-8H2,1-2H3. The maximum atomic E-state index is 5.90. The highest BCUT2D eigenvalue weighted by Gasteiger charge is 2.22. The summed E-state index contributed by atoms with van der Waals surface area (Å²) in [5.41, 5.74) is 3.08. The van der Waals surface area contributed by atoms with Gasteiger partial charge in [0, 0.05) is 38.4 Å². The molecule has 5 nitrogen and oxygen atoms in total. The lowest BCUT2D eigenvalue weighted by Crippen LogP contribution is -2.15. The normalized spacial score (nSPS) is 19.6. The second kappa shape index (κ2) is 5.13. The zero-order chi connectivity index (χ0) is 13.4. The Morgan fingerprint density at radius 3 is 3.00 bits per heavy atom. The molecule has 6 heteroatoms. The molecular weight excluding hydrogens is 264 g/mol. The molecule has 1 saturated heterocycles. The first kappa shape index (κ1) is 12.9. The second-order valence-electron chi connectivity index (χ2n) is 5.19. The van der Waals surface area contributed by atoms with Crippen molar-refractivity contribution in [3.8, 4) is 0 Å². The van der Waals surface area contributed by atoms with E-state index in [1.807, 2.05) is 18.7 Å². The lowest BCUT2D eigenvalue weighted by Gasteiger charge is -2.13. The number of aryl methyl sites for hydroxylation is 3. The van der Waals surface area contributed by atoms with Crippen molar-refractivity contribution in [1.29, 1.82) is 0 Å². The fourth-order valence-electron chi connectivity index (χ4n) is 2.83. The molecule has 1 aliphatic heterocycles. The largest absolute Gasteiger partial charge is 0.381 e. The molecule has 19 heavy (non-hydrogen) atoms. The van der Waals surface area contributed by atoms with E-state index in [0.29, 0.717) is 11.8 Å². The van der Waals surface area contributed by atoms with Crippen LogP contribution in [0.2, 0.25) is 0 Å². The molecule has 0 radical (unpaired) electrons. The smallest absolute Gasteiger partial charge is 0.158 e. The van der Waals surface area contributed by atoms with Crippen molar-refractivity contribution in [2.45, 2.75) is 26.3 Å². The Bertz CT molecular complexity index is 583. The number of hydrogen-bond acceptors (Lipinski definition) is 3. The first-order valence-corrected chi connectivity index (χ1v) is 7.26. The molecule has 1 unspecified atom stereocenters. The average Bonchev–Trinajstić information content (AvgIpc) is 3.04. The highest BCUT2D eigenvalue weighted by atomic mass is 35.5. The van der Waals surface area contributed by atoms with Crippen LogP contribution in [0.3, 0.4) is 0 Å². The van der Waals surface area contributed by atoms with Crippen LogP contribution in [-0.2, 0) is 24.8 Å². The minimum absolute atomic E-state index is 0.571. The zero-order valence-electron chi connectivity index (χ0n) is 11.4. The number of nitrogens with zero attached hydrogens (tertiary/aromatic N) is 4. The molecule has 3 heterocycles. The first-order valence-electron chi connectivity index (χ1n) is 6.73. The van der Waals surface area contributed by atoms with Crippen LogP contribution in [-0.4, -0.2) is 38.4 Å². The molecule has 1 atom stereocenters. The Labute approximate surface area is 117 Å². The fourth-order valence-corrected chi connectivity index (χ4v) is 3.00. The van der Waals surface area contributed by atoms with Gasteiger partial charge in [-0.05, 0) is 13.3 Å². The Hall–Kier alpha value is -1.07. The third kappa shape index (κ3) is 2.25. The summed E-state index contributed by atoms with van der Waals surface area (Å²) >= 11 is 5.90. The molecular formula is C13H19ClN4O. The second-order valence-corrected chi connectivity index (χ2v) is 5.57. The van der Waals surface area contributed by atoms with Crippen molar-refractivity contribution < 1.29 is 4.74 Å². The van der Waals surface area contributed by atoms with Crippen LogP contribution in [0.5, 0.6) is 0 Å². The van der Waals surface area contributed by atoms with E-state index in [1.54, 1.807) is 0 Å². The fraction of sp³-hybridized carbons (Fsp3) is 0.692. The molecule has 0 aromatic carbocycles. The van der Waals surface area contributed by atoms with Gasteiger partial charge < -0.3 is 9.30 Å². The highest BCUT2D eigenvalue weighted by molar-refractivity contribution is 6.17. The van der Waals surface area contributed by atoms with E-state index in [-0.39, 0.29) is 0 Å². The number of fused-ring (bicyclic) bond motifs is 1. The van der Waals surface area contributed by atoms with Crippen LogP contribution in [0.4, 0.5) is 0 Å². The Balaban J connectivity index is 2.04. The summed E-state index contributed by atoms with van der Waals surface area (Å²) < 4.78 is 9.67. The van der Waals surface area contributed by atoms with E-state index in [9.17, 15) is 0 Å². The number of hydrogen-bond donors (Lipinski definition) is 0. The van der Waals surface area contributed by atoms with Crippen LogP contribution >= 0.6 is 11.6 Å². The Morgan fingerprint density at radius 1 is 1.47 bits per heavy atom. The van der Waals surface area contributed by atoms with Gasteiger partial charge >= 0.3 is 0 Å². The van der Waals surface area contributed by atoms with E-state index in [0.717, 1.165) is 55.3 Å². The molecule has 104 valence electrons. The van der Waals surface area contributed by atoms with E-state index in [1.165, 1.54) is 0 Å². The van der Waals surface area contributed by atoms with Crippen molar-refractivity contribution in [3.63, 3.8) is 0 Å². The molecule has 3 rings (SSSR count). The van der Waals surface area contributed by atoms with Gasteiger partial charge in [-0.15, -0.1) is 11.6 Å². The van der Waals surface area contributed by atoms with Gasteiger partial charge in [0.05, 0.1) is 12.3 Å². The molecule has 2 aromatic rings. The van der Waals surface area contributed by atoms with Crippen molar-refractivity contribution in [3.05, 3.63) is 11.5 Å². The third-order valence-corrected chi connectivity index (χ3v) is 3.94.